The zero-order valence-electron chi connectivity index (χ0n) is 27.2. The number of benzene rings is 2. The Balaban J connectivity index is 1.14. The van der Waals surface area contributed by atoms with E-state index in [-0.39, 0.29) is 36.5 Å². The molecule has 2 atom stereocenters. The summed E-state index contributed by atoms with van der Waals surface area (Å²) in [6, 6.07) is 16.3. The monoisotopic (exact) mass is 660 g/mol. The summed E-state index contributed by atoms with van der Waals surface area (Å²) in [5.41, 5.74) is 4.20. The van der Waals surface area contributed by atoms with Gasteiger partial charge in [-0.15, -0.1) is 20.4 Å². The van der Waals surface area contributed by atoms with Crippen LogP contribution < -0.4 is 20.4 Å². The fraction of sp³-hybridized carbons (Fsp3) is 0.471. The number of carbonyl (C=O) groups is 2. The summed E-state index contributed by atoms with van der Waals surface area (Å²) < 4.78 is 0. The van der Waals surface area contributed by atoms with Crippen molar-refractivity contribution in [2.24, 2.45) is 0 Å². The van der Waals surface area contributed by atoms with Gasteiger partial charge < -0.3 is 20.4 Å². The summed E-state index contributed by atoms with van der Waals surface area (Å²) in [7, 11) is 0. The number of hydrogen-bond acceptors (Lipinski definition) is 10. The molecule has 2 amide bonds. The molecule has 2 N–H and O–H groups in total. The van der Waals surface area contributed by atoms with Gasteiger partial charge in [-0.3, -0.25) is 9.59 Å². The number of aromatic nitrogens is 4. The highest BCUT2D eigenvalue weighted by atomic mass is 32.1. The van der Waals surface area contributed by atoms with Crippen LogP contribution in [0.4, 0.5) is 21.6 Å². The molecule has 0 aliphatic heterocycles. The Morgan fingerprint density at radius 3 is 1.54 bits per heavy atom. The standard InChI is InChI=1S/C34H44N8O2S2/c1-5-41(6-2)27-16-9-12-23(18-27)20-29(43)35-33-39-37-31(45-33)25-14-11-15-26(22-25)32-38-40-34(46-32)36-30(44)21-24-13-10-17-28(19-24)42(7-3)8-4/h9-10,12-13,16-19,25-26H,5-8,11,14-15,20-22H2,1-4H3,(H,35,39,43)(H,36,40,44)/t25-,26-/m0/s1. The van der Waals surface area contributed by atoms with E-state index in [1.807, 2.05) is 24.3 Å². The topological polar surface area (TPSA) is 116 Å². The Morgan fingerprint density at radius 2 is 1.13 bits per heavy atom. The number of hydrogen-bond donors (Lipinski definition) is 2. The minimum absolute atomic E-state index is 0.0963. The highest BCUT2D eigenvalue weighted by molar-refractivity contribution is 7.15. The maximum atomic E-state index is 12.8. The van der Waals surface area contributed by atoms with Crippen LogP contribution in [0, 0.1) is 0 Å². The highest BCUT2D eigenvalue weighted by Crippen LogP contribution is 2.43. The lowest BCUT2D eigenvalue weighted by Gasteiger charge is -2.25. The minimum atomic E-state index is -0.0963. The van der Waals surface area contributed by atoms with E-state index in [1.165, 1.54) is 22.7 Å². The first-order valence-electron chi connectivity index (χ1n) is 16.3. The molecule has 0 radical (unpaired) electrons. The van der Waals surface area contributed by atoms with E-state index in [1.54, 1.807) is 0 Å². The van der Waals surface area contributed by atoms with Gasteiger partial charge in [0.1, 0.15) is 10.0 Å². The van der Waals surface area contributed by atoms with Crippen molar-refractivity contribution in [1.82, 2.24) is 20.4 Å². The largest absolute Gasteiger partial charge is 0.372 e. The average Bonchev–Trinajstić information content (AvgIpc) is 3.73. The molecule has 10 nitrogen and oxygen atoms in total. The molecule has 0 spiro atoms. The van der Waals surface area contributed by atoms with E-state index in [4.69, 9.17) is 0 Å². The zero-order chi connectivity index (χ0) is 32.5. The quantitative estimate of drug-likeness (QED) is 0.150. The molecular formula is C34H44N8O2S2. The van der Waals surface area contributed by atoms with Gasteiger partial charge in [-0.2, -0.15) is 0 Å². The maximum Gasteiger partial charge on any atom is 0.230 e. The van der Waals surface area contributed by atoms with Crippen LogP contribution in [0.1, 0.15) is 86.4 Å². The Bertz CT molecular complexity index is 1480. The second-order valence-corrected chi connectivity index (χ2v) is 13.6. The SMILES string of the molecule is CCN(CC)c1cccc(CC(=O)Nc2nnc([C@H]3CCC[C@H](c4nnc(NC(=O)Cc5cccc(N(CC)CC)c5)s4)C3)s2)c1. The summed E-state index contributed by atoms with van der Waals surface area (Å²) in [6.45, 7) is 12.2. The third kappa shape index (κ3) is 8.67. The molecule has 1 saturated carbocycles. The van der Waals surface area contributed by atoms with E-state index in [2.05, 4.69) is 92.8 Å². The molecule has 0 unspecified atom stereocenters. The van der Waals surface area contributed by atoms with Gasteiger partial charge in [0.05, 0.1) is 12.8 Å². The number of nitrogens with zero attached hydrogens (tertiary/aromatic N) is 6. The minimum Gasteiger partial charge on any atom is -0.372 e. The van der Waals surface area contributed by atoms with Gasteiger partial charge in [-0.25, -0.2) is 0 Å². The fourth-order valence-electron chi connectivity index (χ4n) is 6.14. The molecule has 1 fully saturated rings. The van der Waals surface area contributed by atoms with Crippen LogP contribution in [0.2, 0.25) is 0 Å². The molecule has 5 rings (SSSR count). The third-order valence-electron chi connectivity index (χ3n) is 8.55. The van der Waals surface area contributed by atoms with Crippen LogP contribution in [0.15, 0.2) is 48.5 Å². The van der Waals surface area contributed by atoms with Gasteiger partial charge in [0.15, 0.2) is 0 Å². The summed E-state index contributed by atoms with van der Waals surface area (Å²) in [5.74, 6) is 0.294. The number of anilines is 4. The van der Waals surface area contributed by atoms with Crippen molar-refractivity contribution in [3.63, 3.8) is 0 Å². The fourth-order valence-corrected chi connectivity index (χ4v) is 7.95. The predicted octanol–water partition coefficient (Wildman–Crippen LogP) is 6.89. The van der Waals surface area contributed by atoms with Gasteiger partial charge in [-0.1, -0.05) is 53.4 Å². The van der Waals surface area contributed by atoms with Crippen LogP contribution >= 0.6 is 22.7 Å². The molecule has 46 heavy (non-hydrogen) atoms. The first-order valence-corrected chi connectivity index (χ1v) is 18.0. The second kappa shape index (κ2) is 16.1. The maximum absolute atomic E-state index is 12.8. The molecule has 0 saturated heterocycles. The summed E-state index contributed by atoms with van der Waals surface area (Å²) in [4.78, 5) is 30.2. The van der Waals surface area contributed by atoms with Crippen molar-refractivity contribution in [3.05, 3.63) is 69.7 Å². The van der Waals surface area contributed by atoms with Gasteiger partial charge in [0.25, 0.3) is 0 Å². The van der Waals surface area contributed by atoms with E-state index >= 15 is 0 Å². The van der Waals surface area contributed by atoms with Gasteiger partial charge in [-0.05, 0) is 82.3 Å². The normalized spacial score (nSPS) is 16.2. The Kier molecular flexibility index (Phi) is 11.7. The van der Waals surface area contributed by atoms with E-state index < -0.39 is 0 Å². The molecule has 1 aliphatic rings. The zero-order valence-corrected chi connectivity index (χ0v) is 28.8. The summed E-state index contributed by atoms with van der Waals surface area (Å²) in [6.07, 6.45) is 4.55. The van der Waals surface area contributed by atoms with Crippen molar-refractivity contribution in [1.29, 1.82) is 0 Å². The third-order valence-corrected chi connectivity index (χ3v) is 10.6. The first kappa shape index (κ1) is 33.5. The molecule has 2 heterocycles. The summed E-state index contributed by atoms with van der Waals surface area (Å²) >= 11 is 2.91. The molecule has 4 aromatic rings. The van der Waals surface area contributed by atoms with Gasteiger partial charge in [0.2, 0.25) is 22.1 Å². The molecule has 1 aliphatic carbocycles. The number of amides is 2. The lowest BCUT2D eigenvalue weighted by atomic mass is 9.82. The van der Waals surface area contributed by atoms with Crippen LogP contribution in [0.5, 0.6) is 0 Å². The van der Waals surface area contributed by atoms with Crippen LogP contribution in [-0.4, -0.2) is 58.4 Å². The van der Waals surface area contributed by atoms with Gasteiger partial charge >= 0.3 is 0 Å². The first-order chi connectivity index (χ1) is 22.4. The lowest BCUT2D eigenvalue weighted by molar-refractivity contribution is -0.116. The van der Waals surface area contributed by atoms with Crippen LogP contribution in [0.3, 0.4) is 0 Å². The molecule has 12 heteroatoms. The smallest absolute Gasteiger partial charge is 0.230 e. The predicted molar refractivity (Wildman–Crippen MR) is 188 cm³/mol. The molecule has 0 bridgehead atoms. The lowest BCUT2D eigenvalue weighted by Crippen LogP contribution is -2.22. The van der Waals surface area contributed by atoms with Crippen molar-refractivity contribution < 1.29 is 9.59 Å². The van der Waals surface area contributed by atoms with Crippen molar-refractivity contribution in [2.75, 3.05) is 46.6 Å². The van der Waals surface area contributed by atoms with E-state index in [0.29, 0.717) is 10.3 Å². The van der Waals surface area contributed by atoms with Gasteiger partial charge in [0, 0.05) is 49.4 Å². The highest BCUT2D eigenvalue weighted by Gasteiger charge is 2.29. The van der Waals surface area contributed by atoms with E-state index in [9.17, 15) is 9.59 Å². The molecule has 2 aromatic carbocycles. The Morgan fingerprint density at radius 1 is 0.696 bits per heavy atom. The van der Waals surface area contributed by atoms with Crippen molar-refractivity contribution in [2.45, 2.75) is 78.1 Å². The number of rotatable bonds is 14. The van der Waals surface area contributed by atoms with Crippen LogP contribution in [-0.2, 0) is 22.4 Å². The second-order valence-electron chi connectivity index (χ2n) is 11.6. The average molecular weight is 661 g/mol. The van der Waals surface area contributed by atoms with Crippen molar-refractivity contribution in [3.8, 4) is 0 Å². The van der Waals surface area contributed by atoms with Crippen LogP contribution in [0.25, 0.3) is 0 Å². The number of carbonyl (C=O) groups excluding carboxylic acids is 2. The number of nitrogens with one attached hydrogen (secondary N) is 2. The molecule has 244 valence electrons. The Labute approximate surface area is 279 Å². The summed E-state index contributed by atoms with van der Waals surface area (Å²) in [5, 5.41) is 26.3. The van der Waals surface area contributed by atoms with Crippen molar-refractivity contribution >= 4 is 56.1 Å². The van der Waals surface area contributed by atoms with E-state index in [0.717, 1.165) is 84.4 Å². The molecule has 2 aromatic heterocycles. The molecular weight excluding hydrogens is 617 g/mol. The Hall–Kier alpha value is -3.90.